The van der Waals surface area contributed by atoms with Crippen LogP contribution in [-0.4, -0.2) is 17.0 Å². The van der Waals surface area contributed by atoms with Crippen molar-refractivity contribution >= 4 is 23.6 Å². The lowest BCUT2D eigenvalue weighted by Crippen LogP contribution is -2.11. The molecule has 0 aliphatic rings. The molecule has 4 nitrogen and oxygen atoms in total. The highest BCUT2D eigenvalue weighted by Crippen LogP contribution is 2.16. The molecule has 0 saturated carbocycles. The number of carbonyl (C=O) groups excluding carboxylic acids is 1. The second-order valence-electron chi connectivity index (χ2n) is 4.46. The number of unbranched alkanes of at least 4 members (excludes halogenated alkanes) is 1. The van der Waals surface area contributed by atoms with Gasteiger partial charge in [0.1, 0.15) is 0 Å². The summed E-state index contributed by atoms with van der Waals surface area (Å²) in [5.41, 5.74) is 2.43. The van der Waals surface area contributed by atoms with Crippen LogP contribution in [0.2, 0.25) is 0 Å². The van der Waals surface area contributed by atoms with Gasteiger partial charge in [0, 0.05) is 18.2 Å². The number of anilines is 1. The van der Waals surface area contributed by atoms with Gasteiger partial charge in [-0.15, -0.1) is 0 Å². The monoisotopic (exact) mass is 261 g/mol. The molecule has 0 aliphatic carbocycles. The molecule has 0 aromatic heterocycles. The predicted molar refractivity (Wildman–Crippen MR) is 76.0 cm³/mol. The number of carboxylic acid groups (broad SMARTS) is 1. The Balaban J connectivity index is 2.79. The first-order valence-electron chi connectivity index (χ1n) is 6.34. The van der Waals surface area contributed by atoms with Gasteiger partial charge in [-0.1, -0.05) is 19.4 Å². The summed E-state index contributed by atoms with van der Waals surface area (Å²) in [6, 6.07) is 5.49. The summed E-state index contributed by atoms with van der Waals surface area (Å²) in [4.78, 5) is 22.1. The number of hydrogen-bond acceptors (Lipinski definition) is 2. The lowest BCUT2D eigenvalue weighted by molar-refractivity contribution is -0.131. The van der Waals surface area contributed by atoms with E-state index in [0.29, 0.717) is 12.1 Å². The number of nitrogens with one attached hydrogen (secondary N) is 1. The SMILES string of the molecule is CCCCC(=O)Nc1cc(C)cc(/C=C/C(=O)O)c1. The molecule has 1 amide bonds. The highest BCUT2D eigenvalue weighted by atomic mass is 16.4. The lowest BCUT2D eigenvalue weighted by Gasteiger charge is -2.07. The minimum absolute atomic E-state index is 0.0133. The summed E-state index contributed by atoms with van der Waals surface area (Å²) in [5.74, 6) is -1.00. The lowest BCUT2D eigenvalue weighted by atomic mass is 10.1. The first-order chi connectivity index (χ1) is 9.01. The molecule has 0 bridgehead atoms. The van der Waals surface area contributed by atoms with Crippen LogP contribution in [0.1, 0.15) is 37.3 Å². The van der Waals surface area contributed by atoms with Crippen molar-refractivity contribution in [3.63, 3.8) is 0 Å². The Kier molecular flexibility index (Phi) is 5.79. The number of hydrogen-bond donors (Lipinski definition) is 2. The normalized spacial score (nSPS) is 10.6. The summed E-state index contributed by atoms with van der Waals surface area (Å²) in [7, 11) is 0. The van der Waals surface area contributed by atoms with Gasteiger partial charge in [-0.25, -0.2) is 4.79 Å². The van der Waals surface area contributed by atoms with Crippen LogP contribution in [-0.2, 0) is 9.59 Å². The van der Waals surface area contributed by atoms with E-state index in [0.717, 1.165) is 30.0 Å². The number of carboxylic acids is 1. The summed E-state index contributed by atoms with van der Waals surface area (Å²) >= 11 is 0. The van der Waals surface area contributed by atoms with E-state index in [9.17, 15) is 9.59 Å². The zero-order valence-corrected chi connectivity index (χ0v) is 11.3. The second kappa shape index (κ2) is 7.36. The van der Waals surface area contributed by atoms with Gasteiger partial charge in [-0.2, -0.15) is 0 Å². The minimum Gasteiger partial charge on any atom is -0.478 e. The van der Waals surface area contributed by atoms with Crippen LogP contribution in [0.15, 0.2) is 24.3 Å². The van der Waals surface area contributed by atoms with E-state index in [1.54, 1.807) is 6.07 Å². The largest absolute Gasteiger partial charge is 0.478 e. The number of aliphatic carboxylic acids is 1. The smallest absolute Gasteiger partial charge is 0.328 e. The van der Waals surface area contributed by atoms with Crippen LogP contribution in [0.5, 0.6) is 0 Å². The third kappa shape index (κ3) is 5.86. The number of amides is 1. The summed E-state index contributed by atoms with van der Waals surface area (Å²) in [6.07, 6.45) is 4.94. The molecule has 0 saturated heterocycles. The van der Waals surface area contributed by atoms with Crippen molar-refractivity contribution in [2.45, 2.75) is 33.1 Å². The van der Waals surface area contributed by atoms with Gasteiger partial charge in [-0.05, 0) is 42.7 Å². The van der Waals surface area contributed by atoms with E-state index in [-0.39, 0.29) is 5.91 Å². The Morgan fingerprint density at radius 1 is 1.32 bits per heavy atom. The highest BCUT2D eigenvalue weighted by Gasteiger charge is 2.03. The molecule has 1 aromatic carbocycles. The molecule has 19 heavy (non-hydrogen) atoms. The first-order valence-corrected chi connectivity index (χ1v) is 6.34. The van der Waals surface area contributed by atoms with Gasteiger partial charge in [0.15, 0.2) is 0 Å². The highest BCUT2D eigenvalue weighted by molar-refractivity contribution is 5.91. The molecule has 2 N–H and O–H groups in total. The molecule has 0 radical (unpaired) electrons. The van der Waals surface area contributed by atoms with E-state index in [4.69, 9.17) is 5.11 Å². The number of aryl methyl sites for hydroxylation is 1. The van der Waals surface area contributed by atoms with Gasteiger partial charge in [0.05, 0.1) is 0 Å². The molecule has 0 fully saturated rings. The van der Waals surface area contributed by atoms with E-state index >= 15 is 0 Å². The quantitative estimate of drug-likeness (QED) is 0.773. The third-order valence-corrected chi connectivity index (χ3v) is 2.56. The van der Waals surface area contributed by atoms with Crippen molar-refractivity contribution in [3.8, 4) is 0 Å². The van der Waals surface area contributed by atoms with Crippen LogP contribution in [0.25, 0.3) is 6.08 Å². The van der Waals surface area contributed by atoms with Gasteiger partial charge in [0.25, 0.3) is 0 Å². The number of rotatable bonds is 6. The number of benzene rings is 1. The minimum atomic E-state index is -0.991. The van der Waals surface area contributed by atoms with Crippen molar-refractivity contribution in [2.24, 2.45) is 0 Å². The molecule has 0 heterocycles. The van der Waals surface area contributed by atoms with E-state index in [2.05, 4.69) is 5.32 Å². The average Bonchev–Trinajstić information content (AvgIpc) is 2.33. The van der Waals surface area contributed by atoms with Crippen molar-refractivity contribution in [1.82, 2.24) is 0 Å². The standard InChI is InChI=1S/C15H19NO3/c1-3-4-5-14(17)16-13-9-11(2)8-12(10-13)6-7-15(18)19/h6-10H,3-5H2,1-2H3,(H,16,17)(H,18,19)/b7-6+. The van der Waals surface area contributed by atoms with Gasteiger partial charge in [0.2, 0.25) is 5.91 Å². The molecule has 1 rings (SSSR count). The van der Waals surface area contributed by atoms with Crippen molar-refractivity contribution in [3.05, 3.63) is 35.4 Å². The predicted octanol–water partition coefficient (Wildman–Crippen LogP) is 3.22. The van der Waals surface area contributed by atoms with Crippen molar-refractivity contribution < 1.29 is 14.7 Å². The summed E-state index contributed by atoms with van der Waals surface area (Å²) < 4.78 is 0. The van der Waals surface area contributed by atoms with Gasteiger partial charge < -0.3 is 10.4 Å². The fourth-order valence-corrected chi connectivity index (χ4v) is 1.71. The molecule has 0 unspecified atom stereocenters. The van der Waals surface area contributed by atoms with Crippen molar-refractivity contribution in [2.75, 3.05) is 5.32 Å². The van der Waals surface area contributed by atoms with Crippen LogP contribution in [0.4, 0.5) is 5.69 Å². The molecule has 1 aromatic rings. The molecule has 102 valence electrons. The van der Waals surface area contributed by atoms with E-state index in [1.165, 1.54) is 6.08 Å². The van der Waals surface area contributed by atoms with Crippen LogP contribution in [0.3, 0.4) is 0 Å². The van der Waals surface area contributed by atoms with Gasteiger partial charge >= 0.3 is 5.97 Å². The molecule has 4 heteroatoms. The zero-order valence-electron chi connectivity index (χ0n) is 11.3. The maximum Gasteiger partial charge on any atom is 0.328 e. The molecule has 0 atom stereocenters. The Morgan fingerprint density at radius 2 is 2.05 bits per heavy atom. The third-order valence-electron chi connectivity index (χ3n) is 2.56. The average molecular weight is 261 g/mol. The zero-order chi connectivity index (χ0) is 14.3. The maximum absolute atomic E-state index is 11.6. The van der Waals surface area contributed by atoms with Crippen molar-refractivity contribution in [1.29, 1.82) is 0 Å². The summed E-state index contributed by atoms with van der Waals surface area (Å²) in [5, 5.41) is 11.4. The van der Waals surface area contributed by atoms with E-state index < -0.39 is 5.97 Å². The Labute approximate surface area is 113 Å². The fraction of sp³-hybridized carbons (Fsp3) is 0.333. The molecular weight excluding hydrogens is 242 g/mol. The second-order valence-corrected chi connectivity index (χ2v) is 4.46. The molecule has 0 spiro atoms. The molecule has 0 aliphatic heterocycles. The van der Waals surface area contributed by atoms with E-state index in [1.807, 2.05) is 26.0 Å². The molecular formula is C15H19NO3. The van der Waals surface area contributed by atoms with Crippen LogP contribution >= 0.6 is 0 Å². The van der Waals surface area contributed by atoms with Crippen LogP contribution in [0, 0.1) is 6.92 Å². The summed E-state index contributed by atoms with van der Waals surface area (Å²) in [6.45, 7) is 3.94. The van der Waals surface area contributed by atoms with Crippen LogP contribution < -0.4 is 5.32 Å². The Bertz CT molecular complexity index is 492. The Morgan fingerprint density at radius 3 is 2.68 bits per heavy atom. The topological polar surface area (TPSA) is 66.4 Å². The Hall–Kier alpha value is -2.10. The first kappa shape index (κ1) is 15.0. The number of carbonyl (C=O) groups is 2. The fourth-order valence-electron chi connectivity index (χ4n) is 1.71. The maximum atomic E-state index is 11.6. The van der Waals surface area contributed by atoms with Gasteiger partial charge in [-0.3, -0.25) is 4.79 Å².